The number of amides is 1. The molecule has 13 heteroatoms. The highest BCUT2D eigenvalue weighted by molar-refractivity contribution is 7.90. The monoisotopic (exact) mass is 443 g/mol. The van der Waals surface area contributed by atoms with E-state index in [2.05, 4.69) is 15.5 Å². The predicted octanol–water partition coefficient (Wildman–Crippen LogP) is 2.68. The Morgan fingerprint density at radius 1 is 1.10 bits per heavy atom. The van der Waals surface area contributed by atoms with Crippen molar-refractivity contribution >= 4 is 27.5 Å². The summed E-state index contributed by atoms with van der Waals surface area (Å²) in [5, 5.41) is 10.3. The van der Waals surface area contributed by atoms with Crippen molar-refractivity contribution in [2.45, 2.75) is 17.6 Å². The van der Waals surface area contributed by atoms with E-state index in [-0.39, 0.29) is 21.3 Å². The standard InChI is InChI=1S/C16H9ClF3N5O3S/c17-9-5-6-12(11(7-9)16(18,19)20)25-14(21-22-23-25)8-24-15(26)10-3-1-2-4-13(10)29(24,27)28/h1-7H,8H2. The Labute approximate surface area is 166 Å². The van der Waals surface area contributed by atoms with Crippen LogP contribution in [0.15, 0.2) is 47.4 Å². The lowest BCUT2D eigenvalue weighted by molar-refractivity contribution is -0.137. The van der Waals surface area contributed by atoms with E-state index in [0.29, 0.717) is 10.4 Å². The van der Waals surface area contributed by atoms with Gasteiger partial charge in [-0.1, -0.05) is 23.7 Å². The van der Waals surface area contributed by atoms with Gasteiger partial charge < -0.3 is 0 Å². The third kappa shape index (κ3) is 3.13. The highest BCUT2D eigenvalue weighted by atomic mass is 35.5. The van der Waals surface area contributed by atoms with Crippen LogP contribution in [0, 0.1) is 0 Å². The molecule has 0 saturated carbocycles. The fraction of sp³-hybridized carbons (Fsp3) is 0.125. The van der Waals surface area contributed by atoms with E-state index in [4.69, 9.17) is 11.6 Å². The van der Waals surface area contributed by atoms with E-state index >= 15 is 0 Å². The van der Waals surface area contributed by atoms with E-state index in [1.165, 1.54) is 30.3 Å². The Bertz CT molecular complexity index is 1240. The molecule has 4 rings (SSSR count). The first kappa shape index (κ1) is 19.3. The third-order valence-corrected chi connectivity index (χ3v) is 6.25. The molecule has 0 unspecified atom stereocenters. The zero-order valence-corrected chi connectivity index (χ0v) is 15.7. The Morgan fingerprint density at radius 2 is 1.83 bits per heavy atom. The molecule has 1 aromatic heterocycles. The summed E-state index contributed by atoms with van der Waals surface area (Å²) >= 11 is 5.68. The molecule has 0 saturated heterocycles. The number of halogens is 4. The van der Waals surface area contributed by atoms with Crippen molar-refractivity contribution < 1.29 is 26.4 Å². The van der Waals surface area contributed by atoms with Crippen molar-refractivity contribution in [2.75, 3.05) is 0 Å². The lowest BCUT2D eigenvalue weighted by Crippen LogP contribution is -2.31. The average Bonchev–Trinajstić information content (AvgIpc) is 3.19. The van der Waals surface area contributed by atoms with Gasteiger partial charge in [-0.2, -0.15) is 17.9 Å². The molecule has 0 spiro atoms. The summed E-state index contributed by atoms with van der Waals surface area (Å²) in [6.45, 7) is -0.650. The summed E-state index contributed by atoms with van der Waals surface area (Å²) in [6, 6.07) is 8.55. The van der Waals surface area contributed by atoms with Crippen LogP contribution in [0.2, 0.25) is 5.02 Å². The number of carbonyl (C=O) groups is 1. The molecule has 0 N–H and O–H groups in total. The Balaban J connectivity index is 1.78. The predicted molar refractivity (Wildman–Crippen MR) is 92.7 cm³/mol. The van der Waals surface area contributed by atoms with E-state index in [9.17, 15) is 26.4 Å². The lowest BCUT2D eigenvalue weighted by atomic mass is 10.1. The number of nitrogens with zero attached hydrogens (tertiary/aromatic N) is 5. The second-order valence-corrected chi connectivity index (χ2v) is 8.25. The average molecular weight is 444 g/mol. The molecule has 1 amide bonds. The minimum Gasteiger partial charge on any atom is -0.268 e. The summed E-state index contributed by atoms with van der Waals surface area (Å²) in [5.74, 6) is -1.09. The molecule has 2 aromatic carbocycles. The summed E-state index contributed by atoms with van der Waals surface area (Å²) in [4.78, 5) is 12.3. The van der Waals surface area contributed by atoms with Crippen LogP contribution in [0.1, 0.15) is 21.7 Å². The van der Waals surface area contributed by atoms with Gasteiger partial charge in [-0.3, -0.25) is 4.79 Å². The van der Waals surface area contributed by atoms with Crippen molar-refractivity contribution in [3.63, 3.8) is 0 Å². The molecule has 0 atom stereocenters. The van der Waals surface area contributed by atoms with Crippen LogP contribution < -0.4 is 0 Å². The summed E-state index contributed by atoms with van der Waals surface area (Å²) in [5.41, 5.74) is -1.60. The SMILES string of the molecule is O=C1c2ccccc2S(=O)(=O)N1Cc1nnnn1-c1ccc(Cl)cc1C(F)(F)F. The number of hydrogen-bond donors (Lipinski definition) is 0. The molecule has 0 aliphatic carbocycles. The zero-order valence-electron chi connectivity index (χ0n) is 14.1. The van der Waals surface area contributed by atoms with Crippen molar-refractivity contribution in [1.29, 1.82) is 0 Å². The number of fused-ring (bicyclic) bond motifs is 1. The molecule has 0 bridgehead atoms. The van der Waals surface area contributed by atoms with E-state index in [0.717, 1.165) is 10.7 Å². The fourth-order valence-electron chi connectivity index (χ4n) is 2.93. The van der Waals surface area contributed by atoms with E-state index < -0.39 is 39.9 Å². The number of sulfonamides is 1. The van der Waals surface area contributed by atoms with Gasteiger partial charge in [0.15, 0.2) is 5.82 Å². The summed E-state index contributed by atoms with van der Waals surface area (Å²) < 4.78 is 66.8. The van der Waals surface area contributed by atoms with Crippen LogP contribution in [0.25, 0.3) is 5.69 Å². The van der Waals surface area contributed by atoms with Gasteiger partial charge >= 0.3 is 6.18 Å². The molecule has 8 nitrogen and oxygen atoms in total. The highest BCUT2D eigenvalue weighted by Gasteiger charge is 2.42. The second kappa shape index (κ2) is 6.52. The van der Waals surface area contributed by atoms with Crippen LogP contribution in [-0.4, -0.2) is 38.8 Å². The molecule has 1 aliphatic rings. The Kier molecular flexibility index (Phi) is 4.35. The van der Waals surface area contributed by atoms with Gasteiger partial charge in [0.1, 0.15) is 4.90 Å². The quantitative estimate of drug-likeness (QED) is 0.617. The lowest BCUT2D eigenvalue weighted by Gasteiger charge is -2.16. The van der Waals surface area contributed by atoms with Gasteiger partial charge in [-0.15, -0.1) is 5.10 Å². The highest BCUT2D eigenvalue weighted by Crippen LogP contribution is 2.36. The maximum absolute atomic E-state index is 13.4. The van der Waals surface area contributed by atoms with Crippen LogP contribution in [0.5, 0.6) is 0 Å². The molecule has 2 heterocycles. The maximum Gasteiger partial charge on any atom is 0.418 e. The van der Waals surface area contributed by atoms with Gasteiger partial charge in [0, 0.05) is 5.02 Å². The molecule has 1 aliphatic heterocycles. The van der Waals surface area contributed by atoms with E-state index in [1.807, 2.05) is 0 Å². The molecular formula is C16H9ClF3N5O3S. The van der Waals surface area contributed by atoms with Crippen molar-refractivity contribution in [1.82, 2.24) is 24.5 Å². The second-order valence-electron chi connectivity index (χ2n) is 5.98. The zero-order chi connectivity index (χ0) is 21.0. The fourth-order valence-corrected chi connectivity index (χ4v) is 4.62. The molecule has 150 valence electrons. The number of alkyl halides is 3. The van der Waals surface area contributed by atoms with Gasteiger partial charge in [0.2, 0.25) is 0 Å². The number of tetrazole rings is 1. The topological polar surface area (TPSA) is 98.1 Å². The van der Waals surface area contributed by atoms with Crippen molar-refractivity contribution in [2.24, 2.45) is 0 Å². The Morgan fingerprint density at radius 3 is 2.52 bits per heavy atom. The van der Waals surface area contributed by atoms with Crippen molar-refractivity contribution in [3.8, 4) is 5.69 Å². The normalized spacial score (nSPS) is 15.6. The number of aromatic nitrogens is 4. The number of benzene rings is 2. The van der Waals surface area contributed by atoms with Crippen LogP contribution in [0.4, 0.5) is 13.2 Å². The van der Waals surface area contributed by atoms with Crippen LogP contribution in [0.3, 0.4) is 0 Å². The smallest absolute Gasteiger partial charge is 0.268 e. The van der Waals surface area contributed by atoms with E-state index in [1.54, 1.807) is 0 Å². The van der Waals surface area contributed by atoms with Gasteiger partial charge in [-0.25, -0.2) is 12.7 Å². The van der Waals surface area contributed by atoms with Gasteiger partial charge in [0.25, 0.3) is 15.9 Å². The number of rotatable bonds is 3. The first-order valence-electron chi connectivity index (χ1n) is 7.91. The van der Waals surface area contributed by atoms with Crippen LogP contribution in [-0.2, 0) is 22.7 Å². The number of carbonyl (C=O) groups excluding carboxylic acids is 1. The molecule has 29 heavy (non-hydrogen) atoms. The number of hydrogen-bond acceptors (Lipinski definition) is 6. The first-order valence-corrected chi connectivity index (χ1v) is 9.73. The summed E-state index contributed by atoms with van der Waals surface area (Å²) in [6.07, 6.45) is -4.77. The largest absolute Gasteiger partial charge is 0.418 e. The first-order chi connectivity index (χ1) is 13.6. The van der Waals surface area contributed by atoms with Crippen molar-refractivity contribution in [3.05, 3.63) is 64.4 Å². The van der Waals surface area contributed by atoms with Crippen LogP contribution >= 0.6 is 11.6 Å². The van der Waals surface area contributed by atoms with Gasteiger partial charge in [-0.05, 0) is 40.8 Å². The van der Waals surface area contributed by atoms with Gasteiger partial charge in [0.05, 0.1) is 23.4 Å². The summed E-state index contributed by atoms with van der Waals surface area (Å²) in [7, 11) is -4.18. The maximum atomic E-state index is 13.4. The minimum atomic E-state index is -4.77. The molecular weight excluding hydrogens is 435 g/mol. The minimum absolute atomic E-state index is 0.0333. The third-order valence-electron chi connectivity index (χ3n) is 4.22. The Hall–Kier alpha value is -2.99. The molecule has 0 fully saturated rings. The molecule has 3 aromatic rings. The molecule has 0 radical (unpaired) electrons.